The number of hydrogen-bond acceptors (Lipinski definition) is 6. The molecule has 0 atom stereocenters. The molecule has 0 aliphatic carbocycles. The van der Waals surface area contributed by atoms with Crippen LogP contribution in [-0.4, -0.2) is 24.0 Å². The van der Waals surface area contributed by atoms with E-state index in [-0.39, 0.29) is 5.91 Å². The number of aryl methyl sites for hydroxylation is 2. The Kier molecular flexibility index (Phi) is 4.54. The van der Waals surface area contributed by atoms with Crippen molar-refractivity contribution in [2.45, 2.75) is 13.8 Å². The van der Waals surface area contributed by atoms with Gasteiger partial charge in [-0.1, -0.05) is 0 Å². The second-order valence-corrected chi connectivity index (χ2v) is 5.08. The first-order chi connectivity index (χ1) is 9.99. The lowest BCUT2D eigenvalue weighted by Gasteiger charge is -1.94. The molecule has 0 saturated carbocycles. The first-order valence-electron chi connectivity index (χ1n) is 6.09. The summed E-state index contributed by atoms with van der Waals surface area (Å²) in [7, 11) is 1.30. The second kappa shape index (κ2) is 6.36. The summed E-state index contributed by atoms with van der Waals surface area (Å²) in [6.07, 6.45) is 2.80. The van der Waals surface area contributed by atoms with Crippen molar-refractivity contribution >= 4 is 34.4 Å². The minimum absolute atomic E-state index is 0.321. The average molecular weight is 306 g/mol. The van der Waals surface area contributed by atoms with Crippen LogP contribution >= 0.6 is 11.3 Å². The second-order valence-electron chi connectivity index (χ2n) is 4.23. The zero-order valence-electron chi connectivity index (χ0n) is 11.8. The van der Waals surface area contributed by atoms with Gasteiger partial charge in [0.1, 0.15) is 17.1 Å². The van der Waals surface area contributed by atoms with E-state index in [9.17, 15) is 9.59 Å². The molecular weight excluding hydrogens is 292 g/mol. The van der Waals surface area contributed by atoms with Crippen molar-refractivity contribution < 1.29 is 18.7 Å². The number of amides is 1. The molecule has 1 amide bonds. The summed E-state index contributed by atoms with van der Waals surface area (Å²) in [5.41, 5.74) is 1.19. The van der Waals surface area contributed by atoms with Crippen molar-refractivity contribution in [3.05, 3.63) is 40.3 Å². The van der Waals surface area contributed by atoms with Gasteiger partial charge in [-0.25, -0.2) is 9.78 Å². The number of rotatable bonds is 4. The molecule has 0 bridgehead atoms. The Hall–Kier alpha value is -2.41. The van der Waals surface area contributed by atoms with Gasteiger partial charge in [0.05, 0.1) is 12.8 Å². The standard InChI is InChI=1S/C14H14N2O4S/c1-8-7-21-14(15-8)16-12(17)5-4-10-6-11(9(2)20-10)13(18)19-3/h4-7H,1-3H3,(H,15,16,17)/b5-4+. The zero-order chi connectivity index (χ0) is 15.4. The van der Waals surface area contributed by atoms with Crippen LogP contribution < -0.4 is 5.32 Å². The van der Waals surface area contributed by atoms with Crippen LogP contribution in [0.5, 0.6) is 0 Å². The van der Waals surface area contributed by atoms with E-state index in [0.29, 0.717) is 22.2 Å². The van der Waals surface area contributed by atoms with E-state index >= 15 is 0 Å². The number of aromatic nitrogens is 1. The van der Waals surface area contributed by atoms with E-state index in [1.54, 1.807) is 6.92 Å². The number of nitrogens with zero attached hydrogens (tertiary/aromatic N) is 1. The maximum atomic E-state index is 11.7. The number of anilines is 1. The van der Waals surface area contributed by atoms with E-state index in [1.807, 2.05) is 12.3 Å². The fraction of sp³-hybridized carbons (Fsp3) is 0.214. The highest BCUT2D eigenvalue weighted by Gasteiger charge is 2.14. The lowest BCUT2D eigenvalue weighted by molar-refractivity contribution is -0.111. The van der Waals surface area contributed by atoms with Crippen molar-refractivity contribution in [2.75, 3.05) is 12.4 Å². The van der Waals surface area contributed by atoms with Gasteiger partial charge in [0.15, 0.2) is 5.13 Å². The normalized spacial score (nSPS) is 10.8. The molecule has 110 valence electrons. The van der Waals surface area contributed by atoms with Crippen molar-refractivity contribution in [1.29, 1.82) is 0 Å². The van der Waals surface area contributed by atoms with E-state index in [2.05, 4.69) is 15.0 Å². The minimum Gasteiger partial charge on any atom is -0.465 e. The van der Waals surface area contributed by atoms with Gasteiger partial charge >= 0.3 is 5.97 Å². The predicted molar refractivity (Wildman–Crippen MR) is 79.3 cm³/mol. The number of carbonyl (C=O) groups excluding carboxylic acids is 2. The molecule has 1 N–H and O–H groups in total. The topological polar surface area (TPSA) is 81.4 Å². The number of methoxy groups -OCH3 is 1. The third-order valence-electron chi connectivity index (χ3n) is 2.59. The number of furan rings is 1. The molecule has 0 unspecified atom stereocenters. The van der Waals surface area contributed by atoms with E-state index in [0.717, 1.165) is 5.69 Å². The summed E-state index contributed by atoms with van der Waals surface area (Å²) in [6.45, 7) is 3.50. The summed E-state index contributed by atoms with van der Waals surface area (Å²) in [6, 6.07) is 1.53. The van der Waals surface area contributed by atoms with Crippen molar-refractivity contribution in [3.63, 3.8) is 0 Å². The molecule has 0 aliphatic heterocycles. The fourth-order valence-corrected chi connectivity index (χ4v) is 2.31. The maximum Gasteiger partial charge on any atom is 0.341 e. The summed E-state index contributed by atoms with van der Waals surface area (Å²) < 4.78 is 9.99. The molecule has 0 fully saturated rings. The monoisotopic (exact) mass is 306 g/mol. The van der Waals surface area contributed by atoms with Gasteiger partial charge in [-0.2, -0.15) is 0 Å². The van der Waals surface area contributed by atoms with Crippen LogP contribution in [0.3, 0.4) is 0 Å². The van der Waals surface area contributed by atoms with E-state index < -0.39 is 5.97 Å². The number of carbonyl (C=O) groups is 2. The van der Waals surface area contributed by atoms with Gasteiger partial charge in [-0.3, -0.25) is 10.1 Å². The van der Waals surface area contributed by atoms with Crippen LogP contribution in [0.15, 0.2) is 21.9 Å². The number of hydrogen-bond donors (Lipinski definition) is 1. The molecular formula is C14H14N2O4S. The van der Waals surface area contributed by atoms with E-state index in [1.165, 1.54) is 36.7 Å². The number of esters is 1. The predicted octanol–water partition coefficient (Wildman–Crippen LogP) is 2.79. The molecule has 21 heavy (non-hydrogen) atoms. The molecule has 0 saturated heterocycles. The summed E-state index contributed by atoms with van der Waals surface area (Å²) in [5, 5.41) is 5.02. The van der Waals surface area contributed by atoms with Crippen LogP contribution in [0.1, 0.15) is 27.6 Å². The highest BCUT2D eigenvalue weighted by Crippen LogP contribution is 2.17. The highest BCUT2D eigenvalue weighted by molar-refractivity contribution is 7.13. The first-order valence-corrected chi connectivity index (χ1v) is 6.97. The highest BCUT2D eigenvalue weighted by atomic mass is 32.1. The fourth-order valence-electron chi connectivity index (χ4n) is 1.62. The molecule has 2 rings (SSSR count). The third-order valence-corrected chi connectivity index (χ3v) is 3.47. The number of thiazole rings is 1. The molecule has 2 heterocycles. The summed E-state index contributed by atoms with van der Waals surface area (Å²) in [5.74, 6) is 0.0486. The molecule has 0 aliphatic rings. The van der Waals surface area contributed by atoms with Crippen molar-refractivity contribution in [3.8, 4) is 0 Å². The number of ether oxygens (including phenoxy) is 1. The van der Waals surface area contributed by atoms with Crippen LogP contribution in [-0.2, 0) is 9.53 Å². The van der Waals surface area contributed by atoms with Gasteiger partial charge in [-0.15, -0.1) is 11.3 Å². The molecule has 7 heteroatoms. The smallest absolute Gasteiger partial charge is 0.341 e. The third kappa shape index (κ3) is 3.79. The molecule has 0 spiro atoms. The Morgan fingerprint density at radius 2 is 2.19 bits per heavy atom. The first kappa shape index (κ1) is 15.0. The maximum absolute atomic E-state index is 11.7. The van der Waals surface area contributed by atoms with Crippen molar-refractivity contribution in [1.82, 2.24) is 4.98 Å². The van der Waals surface area contributed by atoms with Crippen LogP contribution in [0.4, 0.5) is 5.13 Å². The Morgan fingerprint density at radius 1 is 1.43 bits per heavy atom. The molecule has 2 aromatic heterocycles. The average Bonchev–Trinajstić information content (AvgIpc) is 3.02. The van der Waals surface area contributed by atoms with Crippen LogP contribution in [0.25, 0.3) is 6.08 Å². The zero-order valence-corrected chi connectivity index (χ0v) is 12.6. The quantitative estimate of drug-likeness (QED) is 0.694. The van der Waals surface area contributed by atoms with Crippen LogP contribution in [0, 0.1) is 13.8 Å². The molecule has 6 nitrogen and oxygen atoms in total. The Labute approximate surface area is 125 Å². The SMILES string of the molecule is COC(=O)c1cc(/C=C/C(=O)Nc2nc(C)cs2)oc1C. The van der Waals surface area contributed by atoms with E-state index in [4.69, 9.17) is 4.42 Å². The Morgan fingerprint density at radius 3 is 2.81 bits per heavy atom. The molecule has 0 aromatic carbocycles. The molecule has 2 aromatic rings. The van der Waals surface area contributed by atoms with Gasteiger partial charge in [0.2, 0.25) is 5.91 Å². The summed E-state index contributed by atoms with van der Waals surface area (Å²) >= 11 is 1.35. The summed E-state index contributed by atoms with van der Waals surface area (Å²) in [4.78, 5) is 27.3. The Balaban J connectivity index is 2.03. The number of nitrogens with one attached hydrogen (secondary N) is 1. The van der Waals surface area contributed by atoms with Gasteiger partial charge in [-0.05, 0) is 26.0 Å². The molecule has 0 radical (unpaired) electrons. The van der Waals surface area contributed by atoms with Crippen LogP contribution in [0.2, 0.25) is 0 Å². The van der Waals surface area contributed by atoms with Gasteiger partial charge in [0.25, 0.3) is 0 Å². The van der Waals surface area contributed by atoms with Gasteiger partial charge in [0, 0.05) is 11.5 Å². The Bertz CT molecular complexity index is 700. The lowest BCUT2D eigenvalue weighted by Crippen LogP contribution is -2.07. The largest absolute Gasteiger partial charge is 0.465 e. The minimum atomic E-state index is -0.474. The van der Waals surface area contributed by atoms with Gasteiger partial charge < -0.3 is 9.15 Å². The lowest BCUT2D eigenvalue weighted by atomic mass is 10.2. The van der Waals surface area contributed by atoms with Crippen molar-refractivity contribution in [2.24, 2.45) is 0 Å².